The molecule has 2 fully saturated rings. The van der Waals surface area contributed by atoms with E-state index in [2.05, 4.69) is 10.6 Å². The highest BCUT2D eigenvalue weighted by molar-refractivity contribution is 6.30. The second-order valence-electron chi connectivity index (χ2n) is 8.98. The molecular formula is C25H28ClF2N3O4. The lowest BCUT2D eigenvalue weighted by atomic mass is 9.90. The molecule has 7 nitrogen and oxygen atoms in total. The zero-order valence-corrected chi connectivity index (χ0v) is 20.2. The minimum absolute atomic E-state index is 0.0427. The normalized spacial score (nSPS) is 21.3. The van der Waals surface area contributed by atoms with E-state index in [9.17, 15) is 18.4 Å². The van der Waals surface area contributed by atoms with Crippen molar-refractivity contribution in [3.05, 3.63) is 63.7 Å². The number of likely N-dealkylation sites (tertiary alicyclic amines) is 1. The summed E-state index contributed by atoms with van der Waals surface area (Å²) < 4.78 is 41.5. The molecule has 3 atom stereocenters. The van der Waals surface area contributed by atoms with Gasteiger partial charge in [-0.15, -0.1) is 0 Å². The van der Waals surface area contributed by atoms with Crippen LogP contribution in [-0.4, -0.2) is 61.7 Å². The Labute approximate surface area is 208 Å². The highest BCUT2D eigenvalue weighted by atomic mass is 35.5. The molecule has 2 aromatic carbocycles. The van der Waals surface area contributed by atoms with Gasteiger partial charge in [-0.1, -0.05) is 23.2 Å². The monoisotopic (exact) mass is 508 g/mol. The number of anilines is 1. The van der Waals surface area contributed by atoms with Crippen LogP contribution in [0.15, 0.2) is 30.3 Å². The molecule has 2 aromatic rings. The molecule has 0 aromatic heterocycles. The Hall–Kier alpha value is -2.75. The van der Waals surface area contributed by atoms with Crippen molar-refractivity contribution >= 4 is 29.1 Å². The number of aryl methyl sites for hydroxylation is 1. The van der Waals surface area contributed by atoms with E-state index in [4.69, 9.17) is 22.9 Å². The standard InChI is InChI=1S/C25H28ClF2N3O4/c1-3-29-21-5-4-13(2)6-17(21)25(34)31-10-15(32)7-22(31)24(33)30-23(14-11-35-12-14)16-8-20(28)18(26)9-19(16)27/h4-6,8-9,14-15,22-23,29,32H,3,7,10-12H2,1-2H3,(H,30,33)/t15-,22+,23-/m1/s1/i32D. The quantitative estimate of drug-likeness (QED) is 0.475. The average Bonchev–Trinajstić information content (AvgIpc) is 3.25. The minimum Gasteiger partial charge on any atom is -0.391 e. The predicted octanol–water partition coefficient (Wildman–Crippen LogP) is 3.44. The van der Waals surface area contributed by atoms with Crippen LogP contribution in [0.5, 0.6) is 0 Å². The Balaban J connectivity index is 1.62. The third-order valence-electron chi connectivity index (χ3n) is 6.41. The van der Waals surface area contributed by atoms with E-state index >= 15 is 0 Å². The van der Waals surface area contributed by atoms with Gasteiger partial charge in [0.1, 0.15) is 17.7 Å². The van der Waals surface area contributed by atoms with Crippen molar-refractivity contribution in [2.45, 2.75) is 38.5 Å². The number of hydrogen-bond acceptors (Lipinski definition) is 5. The first-order chi connectivity index (χ1) is 17.2. The maximum atomic E-state index is 14.8. The van der Waals surface area contributed by atoms with E-state index in [-0.39, 0.29) is 48.6 Å². The average molecular weight is 509 g/mol. The lowest BCUT2D eigenvalue weighted by molar-refractivity contribution is -0.128. The van der Waals surface area contributed by atoms with Crippen molar-refractivity contribution in [2.75, 3.05) is 31.6 Å². The highest BCUT2D eigenvalue weighted by Crippen LogP contribution is 2.33. The largest absolute Gasteiger partial charge is 0.391 e. The molecule has 10 heteroatoms. The molecule has 0 radical (unpaired) electrons. The van der Waals surface area contributed by atoms with Gasteiger partial charge in [-0.2, -0.15) is 0 Å². The van der Waals surface area contributed by atoms with Gasteiger partial charge in [-0.3, -0.25) is 9.59 Å². The SMILES string of the molecule is [2H]O[C@@H]1C[C@@H](C(=O)N[C@@H](c2cc(F)c(Cl)cc2F)C2COC2)N(C(=O)c2cc(C)ccc2NCC)C1. The number of carbonyl (C=O) groups is 2. The summed E-state index contributed by atoms with van der Waals surface area (Å²) >= 11 is 5.71. The van der Waals surface area contributed by atoms with E-state index < -0.39 is 35.7 Å². The Kier molecular flexibility index (Phi) is 7.17. The molecule has 0 bridgehead atoms. The minimum atomic E-state index is -0.966. The van der Waals surface area contributed by atoms with Crippen LogP contribution in [-0.2, 0) is 9.53 Å². The summed E-state index contributed by atoms with van der Waals surface area (Å²) in [4.78, 5) is 28.5. The van der Waals surface area contributed by atoms with Gasteiger partial charge in [0.05, 0.1) is 35.9 Å². The topological polar surface area (TPSA) is 90.9 Å². The molecule has 0 aliphatic carbocycles. The number of carbonyl (C=O) groups excluding carboxylic acids is 2. The van der Waals surface area contributed by atoms with E-state index in [0.29, 0.717) is 17.8 Å². The molecule has 2 heterocycles. The number of aliphatic hydroxyl groups excluding tert-OH is 1. The molecule has 4 rings (SSSR count). The number of halogens is 3. The molecule has 2 amide bonds. The Morgan fingerprint density at radius 1 is 1.29 bits per heavy atom. The number of hydrogen-bond donors (Lipinski definition) is 3. The maximum Gasteiger partial charge on any atom is 0.256 e. The zero-order chi connectivity index (χ0) is 26.0. The smallest absolute Gasteiger partial charge is 0.256 e. The fourth-order valence-corrected chi connectivity index (χ4v) is 4.68. The summed E-state index contributed by atoms with van der Waals surface area (Å²) in [5.41, 5.74) is 1.86. The molecule has 2 aliphatic heterocycles. The van der Waals surface area contributed by atoms with Crippen LogP contribution in [0.3, 0.4) is 0 Å². The van der Waals surface area contributed by atoms with E-state index in [1.54, 1.807) is 12.1 Å². The number of benzene rings is 2. The third kappa shape index (κ3) is 5.27. The van der Waals surface area contributed by atoms with Crippen molar-refractivity contribution in [3.63, 3.8) is 0 Å². The summed E-state index contributed by atoms with van der Waals surface area (Å²) in [6.45, 7) is 4.93. The summed E-state index contributed by atoms with van der Waals surface area (Å²) in [5, 5.41) is 10.3. The number of nitrogens with zero attached hydrogens (tertiary/aromatic N) is 1. The second kappa shape index (κ2) is 10.5. The van der Waals surface area contributed by atoms with Crippen LogP contribution >= 0.6 is 11.6 Å². The van der Waals surface area contributed by atoms with Gasteiger partial charge in [0.25, 0.3) is 5.91 Å². The molecular weight excluding hydrogens is 480 g/mol. The van der Waals surface area contributed by atoms with Crippen molar-refractivity contribution in [1.29, 1.82) is 1.43 Å². The Bertz CT molecular complexity index is 1150. The van der Waals surface area contributed by atoms with Gasteiger partial charge in [0, 0.05) is 36.7 Å². The number of amides is 2. The number of aliphatic hydroxyl groups is 1. The van der Waals surface area contributed by atoms with Gasteiger partial charge in [0.15, 0.2) is 0 Å². The van der Waals surface area contributed by atoms with Crippen molar-refractivity contribution in [2.24, 2.45) is 5.92 Å². The summed E-state index contributed by atoms with van der Waals surface area (Å²) in [7, 11) is 0. The molecule has 0 unspecified atom stereocenters. The Morgan fingerprint density at radius 3 is 2.71 bits per heavy atom. The van der Waals surface area contributed by atoms with Crippen LogP contribution in [0, 0.1) is 24.5 Å². The maximum absolute atomic E-state index is 14.8. The van der Waals surface area contributed by atoms with Crippen LogP contribution in [0.25, 0.3) is 0 Å². The van der Waals surface area contributed by atoms with Gasteiger partial charge in [0.2, 0.25) is 7.34 Å². The van der Waals surface area contributed by atoms with Gasteiger partial charge in [-0.05, 0) is 38.1 Å². The predicted molar refractivity (Wildman–Crippen MR) is 127 cm³/mol. The highest BCUT2D eigenvalue weighted by Gasteiger charge is 2.42. The first-order valence-electron chi connectivity index (χ1n) is 11.9. The lowest BCUT2D eigenvalue weighted by Crippen LogP contribution is -2.50. The molecule has 188 valence electrons. The fourth-order valence-electron chi connectivity index (χ4n) is 4.53. The van der Waals surface area contributed by atoms with Gasteiger partial charge < -0.3 is 25.4 Å². The molecule has 3 N–H and O–H groups in total. The Morgan fingerprint density at radius 2 is 2.06 bits per heavy atom. The number of β-amino-alcohol motifs (C(OH)–C–C–N with tert-alkyl or cyclic N) is 1. The van der Waals surface area contributed by atoms with Crippen molar-refractivity contribution in [1.82, 2.24) is 10.2 Å². The first-order valence-corrected chi connectivity index (χ1v) is 11.9. The van der Waals surface area contributed by atoms with Crippen LogP contribution < -0.4 is 10.6 Å². The van der Waals surface area contributed by atoms with E-state index in [0.717, 1.165) is 17.7 Å². The van der Waals surface area contributed by atoms with Crippen molar-refractivity contribution < 1.29 is 28.2 Å². The molecule has 0 spiro atoms. The van der Waals surface area contributed by atoms with E-state index in [1.807, 2.05) is 19.9 Å². The summed E-state index contributed by atoms with van der Waals surface area (Å²) in [6.07, 6.45) is -0.582. The third-order valence-corrected chi connectivity index (χ3v) is 6.70. The summed E-state index contributed by atoms with van der Waals surface area (Å²) in [6, 6.07) is 5.42. The lowest BCUT2D eigenvalue weighted by Gasteiger charge is -2.36. The number of ether oxygens (including phenoxy) is 1. The molecule has 2 saturated heterocycles. The molecule has 35 heavy (non-hydrogen) atoms. The van der Waals surface area contributed by atoms with Crippen LogP contribution in [0.4, 0.5) is 14.5 Å². The zero-order valence-electron chi connectivity index (χ0n) is 20.4. The van der Waals surface area contributed by atoms with Gasteiger partial charge >= 0.3 is 0 Å². The van der Waals surface area contributed by atoms with E-state index in [1.165, 1.54) is 4.90 Å². The molecule has 2 aliphatic rings. The first kappa shape index (κ1) is 24.0. The second-order valence-corrected chi connectivity index (χ2v) is 9.39. The molecule has 0 saturated carbocycles. The number of nitrogens with one attached hydrogen (secondary N) is 2. The van der Waals surface area contributed by atoms with Crippen LogP contribution in [0.1, 0.15) is 40.9 Å². The van der Waals surface area contributed by atoms with Gasteiger partial charge in [-0.25, -0.2) is 8.78 Å². The van der Waals surface area contributed by atoms with Crippen molar-refractivity contribution in [3.8, 4) is 0 Å². The summed E-state index contributed by atoms with van der Waals surface area (Å²) in [5.74, 6) is -2.77. The fraction of sp³-hybridized carbons (Fsp3) is 0.440. The van der Waals surface area contributed by atoms with Crippen LogP contribution in [0.2, 0.25) is 5.02 Å². The number of rotatable bonds is 8.